The number of pyridine rings is 1. The average Bonchev–Trinajstić information content (AvgIpc) is 3.64. The molecule has 2 aromatic carbocycles. The van der Waals surface area contributed by atoms with Crippen LogP contribution in [0.2, 0.25) is 0 Å². The average molecular weight is 624 g/mol. The summed E-state index contributed by atoms with van der Waals surface area (Å²) in [5, 5.41) is 4.94. The van der Waals surface area contributed by atoms with Crippen molar-refractivity contribution in [2.75, 3.05) is 0 Å². The summed E-state index contributed by atoms with van der Waals surface area (Å²) in [5.74, 6) is -0.556. The van der Waals surface area contributed by atoms with Gasteiger partial charge in [0, 0.05) is 42.8 Å². The lowest BCUT2D eigenvalue weighted by Crippen LogP contribution is -2.32. The second kappa shape index (κ2) is 12.0. The van der Waals surface area contributed by atoms with Crippen molar-refractivity contribution >= 4 is 34.0 Å². The van der Waals surface area contributed by atoms with E-state index in [4.69, 9.17) is 10.7 Å². The molecule has 8 nitrogen and oxygen atoms in total. The van der Waals surface area contributed by atoms with E-state index in [1.54, 1.807) is 24.0 Å². The summed E-state index contributed by atoms with van der Waals surface area (Å²) in [7, 11) is 3.54. The zero-order chi connectivity index (χ0) is 31.2. The van der Waals surface area contributed by atoms with Gasteiger partial charge >= 0.3 is 5.69 Å². The van der Waals surface area contributed by atoms with Crippen molar-refractivity contribution in [1.82, 2.24) is 27.9 Å². The lowest BCUT2D eigenvalue weighted by Gasteiger charge is -2.27. The summed E-state index contributed by atoms with van der Waals surface area (Å²) in [6.07, 6.45) is 10.1. The molecule has 10 heteroatoms. The molecule has 1 aliphatic carbocycles. The molecule has 0 saturated heterocycles. The molecule has 0 unspecified atom stereocenters. The van der Waals surface area contributed by atoms with Crippen molar-refractivity contribution in [1.29, 1.82) is 0 Å². The van der Waals surface area contributed by atoms with Gasteiger partial charge in [-0.1, -0.05) is 55.8 Å². The number of fused-ring (bicyclic) bond motifs is 3. The van der Waals surface area contributed by atoms with Gasteiger partial charge in [0.15, 0.2) is 5.65 Å². The third-order valence-electron chi connectivity index (χ3n) is 9.14. The number of nitrogens with zero attached hydrogens (tertiary/aromatic N) is 6. The van der Waals surface area contributed by atoms with Gasteiger partial charge in [-0.25, -0.2) is 9.78 Å². The minimum Gasteiger partial charge on any atom is -0.328 e. The molecule has 0 amide bonds. The molecule has 0 aliphatic heterocycles. The van der Waals surface area contributed by atoms with E-state index in [9.17, 15) is 4.79 Å². The van der Waals surface area contributed by atoms with Crippen LogP contribution in [0.25, 0.3) is 44.5 Å². The number of hydrogen-bond acceptors (Lipinski definition) is 5. The maximum absolute atomic E-state index is 15.8. The van der Waals surface area contributed by atoms with Gasteiger partial charge < -0.3 is 5.73 Å². The summed E-state index contributed by atoms with van der Waals surface area (Å²) in [5.41, 5.74) is 12.6. The van der Waals surface area contributed by atoms with E-state index in [-0.39, 0.29) is 17.8 Å². The van der Waals surface area contributed by atoms with Crippen LogP contribution in [0, 0.1) is 5.95 Å². The van der Waals surface area contributed by atoms with Gasteiger partial charge in [-0.3, -0.25) is 17.8 Å². The molecule has 6 aromatic rings. The van der Waals surface area contributed by atoms with Crippen molar-refractivity contribution in [3.8, 4) is 22.4 Å². The van der Waals surface area contributed by atoms with E-state index < -0.39 is 5.95 Å². The van der Waals surface area contributed by atoms with E-state index in [1.165, 1.54) is 22.2 Å². The Kier molecular flexibility index (Phi) is 7.87. The van der Waals surface area contributed by atoms with Gasteiger partial charge in [-0.2, -0.15) is 4.39 Å². The summed E-state index contributed by atoms with van der Waals surface area (Å²) in [6.45, 7) is 2.19. The fourth-order valence-corrected chi connectivity index (χ4v) is 7.78. The van der Waals surface area contributed by atoms with Crippen molar-refractivity contribution < 1.29 is 4.39 Å². The first kappa shape index (κ1) is 29.6. The lowest BCUT2D eigenvalue weighted by molar-refractivity contribution is 0.322. The van der Waals surface area contributed by atoms with E-state index >= 15 is 4.39 Å². The van der Waals surface area contributed by atoms with Crippen LogP contribution in [0.4, 0.5) is 4.39 Å². The number of nitrogens with two attached hydrogens (primary N) is 1. The molecule has 0 bridgehead atoms. The molecule has 1 fully saturated rings. The maximum Gasteiger partial charge on any atom is 0.329 e. The second-order valence-electron chi connectivity index (χ2n) is 12.2. The molecule has 0 radical (unpaired) electrons. The third kappa shape index (κ3) is 5.19. The molecule has 232 valence electrons. The standard InChI is InChI=1S/C35H38FN7OS/c1-4-5-9-22-12-14-23(15-13-22)29-30-32-28(41(3)35(44)42(32)25-18-16-24(37)17-19-25)20-38-34(30)43(45-26-10-7-6-8-11-26)31(29)27-21-40(2)39-33(27)36/h6-8,10-15,20-21,24-25H,4-5,9,16-19,37H2,1-3H3. The smallest absolute Gasteiger partial charge is 0.328 e. The Balaban J connectivity index is 1.61. The molecule has 2 N–H and O–H groups in total. The number of imidazole rings is 1. The van der Waals surface area contributed by atoms with Gasteiger partial charge in [-0.15, -0.1) is 5.10 Å². The first-order chi connectivity index (χ1) is 21.9. The van der Waals surface area contributed by atoms with Crippen LogP contribution in [0.15, 0.2) is 76.7 Å². The van der Waals surface area contributed by atoms with E-state index in [0.717, 1.165) is 77.4 Å². The third-order valence-corrected chi connectivity index (χ3v) is 10.2. The van der Waals surface area contributed by atoms with E-state index in [1.807, 2.05) is 45.9 Å². The molecule has 1 saturated carbocycles. The van der Waals surface area contributed by atoms with Crippen LogP contribution in [0.3, 0.4) is 0 Å². The van der Waals surface area contributed by atoms with Crippen LogP contribution in [-0.2, 0) is 20.5 Å². The quantitative estimate of drug-likeness (QED) is 0.193. The topological polar surface area (TPSA) is 88.6 Å². The minimum atomic E-state index is -0.556. The molecular weight excluding hydrogens is 585 g/mol. The van der Waals surface area contributed by atoms with E-state index in [2.05, 4.69) is 36.3 Å². The van der Waals surface area contributed by atoms with Crippen LogP contribution >= 0.6 is 11.9 Å². The Hall–Kier alpha value is -4.15. The fraction of sp³-hybridized carbons (Fsp3) is 0.343. The highest BCUT2D eigenvalue weighted by Crippen LogP contribution is 2.47. The van der Waals surface area contributed by atoms with Gasteiger partial charge in [0.2, 0.25) is 5.95 Å². The predicted octanol–water partition coefficient (Wildman–Crippen LogP) is 7.24. The fourth-order valence-electron chi connectivity index (χ4n) is 6.78. The summed E-state index contributed by atoms with van der Waals surface area (Å²) in [4.78, 5) is 20.0. The van der Waals surface area contributed by atoms with Crippen molar-refractivity contribution in [2.45, 2.75) is 68.8 Å². The Morgan fingerprint density at radius 1 is 1.02 bits per heavy atom. The number of aryl methyl sites for hydroxylation is 3. The van der Waals surface area contributed by atoms with Crippen molar-refractivity contribution in [3.05, 3.63) is 89.0 Å². The van der Waals surface area contributed by atoms with Gasteiger partial charge in [0.25, 0.3) is 0 Å². The number of halogens is 1. The summed E-state index contributed by atoms with van der Waals surface area (Å²) in [6, 6.07) is 18.8. The largest absolute Gasteiger partial charge is 0.329 e. The minimum absolute atomic E-state index is 0.0135. The molecule has 4 aromatic heterocycles. The first-order valence-corrected chi connectivity index (χ1v) is 16.5. The maximum atomic E-state index is 15.8. The highest BCUT2D eigenvalue weighted by molar-refractivity contribution is 7.98. The summed E-state index contributed by atoms with van der Waals surface area (Å²) < 4.78 is 23.0. The Labute approximate surface area is 265 Å². The number of aromatic nitrogens is 6. The van der Waals surface area contributed by atoms with Gasteiger partial charge in [0.1, 0.15) is 0 Å². The Morgan fingerprint density at radius 2 is 1.76 bits per heavy atom. The van der Waals surface area contributed by atoms with Crippen LogP contribution in [0.5, 0.6) is 0 Å². The molecular formula is C35H38FN7OS. The van der Waals surface area contributed by atoms with Crippen LogP contribution in [0.1, 0.15) is 57.1 Å². The number of unbranched alkanes of at least 4 members (excludes halogenated alkanes) is 1. The zero-order valence-electron chi connectivity index (χ0n) is 25.9. The SMILES string of the molecule is CCCCc1ccc(-c2c(-c3cn(C)nc3F)n(Sc3ccccc3)c3ncc4c(c23)n(C2CCC(N)CC2)c(=O)n4C)cc1. The first-order valence-electron chi connectivity index (χ1n) is 15.8. The van der Waals surface area contributed by atoms with Crippen molar-refractivity contribution in [3.63, 3.8) is 0 Å². The molecule has 0 atom stereocenters. The number of rotatable bonds is 8. The number of benzene rings is 2. The monoisotopic (exact) mass is 623 g/mol. The van der Waals surface area contributed by atoms with E-state index in [0.29, 0.717) is 16.9 Å². The van der Waals surface area contributed by atoms with Gasteiger partial charge in [0.05, 0.1) is 33.9 Å². The molecule has 1 aliphatic rings. The van der Waals surface area contributed by atoms with Crippen LogP contribution in [-0.4, -0.2) is 33.9 Å². The normalized spacial score (nSPS) is 17.1. The molecule has 45 heavy (non-hydrogen) atoms. The van der Waals surface area contributed by atoms with Gasteiger partial charge in [-0.05, 0) is 73.7 Å². The zero-order valence-corrected chi connectivity index (χ0v) is 26.7. The van der Waals surface area contributed by atoms with Crippen molar-refractivity contribution in [2.24, 2.45) is 19.8 Å². The Bertz CT molecular complexity index is 2050. The highest BCUT2D eigenvalue weighted by Gasteiger charge is 2.31. The van der Waals surface area contributed by atoms with Crippen LogP contribution < -0.4 is 11.4 Å². The molecule has 0 spiro atoms. The number of hydrogen-bond donors (Lipinski definition) is 1. The highest BCUT2D eigenvalue weighted by atomic mass is 32.2. The second-order valence-corrected chi connectivity index (χ2v) is 13.2. The Morgan fingerprint density at radius 3 is 2.42 bits per heavy atom. The molecule has 4 heterocycles. The summed E-state index contributed by atoms with van der Waals surface area (Å²) >= 11 is 1.49. The molecule has 7 rings (SSSR count). The predicted molar refractivity (Wildman–Crippen MR) is 180 cm³/mol. The lowest BCUT2D eigenvalue weighted by atomic mass is 9.91.